The first-order chi connectivity index (χ1) is 13.4. The van der Waals surface area contributed by atoms with Crippen LogP contribution in [0.2, 0.25) is 0 Å². The normalized spacial score (nSPS) is 16.9. The minimum Gasteiger partial charge on any atom is -0.492 e. The second kappa shape index (κ2) is 10.7. The van der Waals surface area contributed by atoms with Crippen molar-refractivity contribution in [3.05, 3.63) is 29.3 Å². The Morgan fingerprint density at radius 2 is 1.79 bits per heavy atom. The molecule has 1 aliphatic heterocycles. The summed E-state index contributed by atoms with van der Waals surface area (Å²) in [4.78, 5) is 9.42. The second-order valence-electron chi connectivity index (χ2n) is 7.99. The largest absolute Gasteiger partial charge is 0.492 e. The van der Waals surface area contributed by atoms with Crippen LogP contribution in [0.15, 0.2) is 23.2 Å². The Morgan fingerprint density at radius 3 is 2.36 bits per heavy atom. The number of aliphatic imine (C=N–C) groups is 1. The molecule has 1 fully saturated rings. The number of nitrogens with zero attached hydrogens (tertiary/aromatic N) is 3. The van der Waals surface area contributed by atoms with Gasteiger partial charge in [0.2, 0.25) is 0 Å². The summed E-state index contributed by atoms with van der Waals surface area (Å²) in [6.45, 7) is 10.9. The Balaban J connectivity index is 1.96. The Labute approximate surface area is 170 Å². The number of hydrogen-bond acceptors (Lipinski definition) is 4. The quantitative estimate of drug-likeness (QED) is 0.546. The number of hydrogen-bond donors (Lipinski definition) is 1. The van der Waals surface area contributed by atoms with Gasteiger partial charge in [-0.1, -0.05) is 6.07 Å². The average Bonchev–Trinajstić information content (AvgIpc) is 2.65. The molecule has 1 aromatic carbocycles. The van der Waals surface area contributed by atoms with E-state index in [1.165, 1.54) is 11.1 Å². The van der Waals surface area contributed by atoms with Crippen LogP contribution in [0.5, 0.6) is 5.75 Å². The fraction of sp³-hybridized carbons (Fsp3) is 0.682. The van der Waals surface area contributed by atoms with E-state index in [-0.39, 0.29) is 5.54 Å². The summed E-state index contributed by atoms with van der Waals surface area (Å²) >= 11 is 0. The van der Waals surface area contributed by atoms with Crippen LogP contribution < -0.4 is 10.1 Å². The van der Waals surface area contributed by atoms with Crippen molar-refractivity contribution in [1.82, 2.24) is 15.1 Å². The molecule has 0 aliphatic carbocycles. The van der Waals surface area contributed by atoms with Crippen LogP contribution in [-0.4, -0.2) is 81.9 Å². The maximum atomic E-state index is 5.97. The molecule has 6 nitrogen and oxygen atoms in total. The zero-order chi connectivity index (χ0) is 20.6. The molecule has 1 heterocycles. The summed E-state index contributed by atoms with van der Waals surface area (Å²) < 4.78 is 11.5. The van der Waals surface area contributed by atoms with E-state index in [1.54, 1.807) is 0 Å². The Bertz CT molecular complexity index is 619. The van der Waals surface area contributed by atoms with Crippen LogP contribution in [0.1, 0.15) is 30.9 Å². The number of benzene rings is 1. The van der Waals surface area contributed by atoms with Crippen LogP contribution in [0.25, 0.3) is 0 Å². The minimum atomic E-state index is 0.0787. The molecule has 1 N–H and O–H groups in total. The van der Waals surface area contributed by atoms with E-state index in [0.29, 0.717) is 6.61 Å². The van der Waals surface area contributed by atoms with E-state index >= 15 is 0 Å². The number of guanidine groups is 1. The van der Waals surface area contributed by atoms with E-state index in [9.17, 15) is 0 Å². The lowest BCUT2D eigenvalue weighted by molar-refractivity contribution is -0.00263. The number of rotatable bonds is 8. The van der Waals surface area contributed by atoms with Gasteiger partial charge in [0.05, 0.1) is 13.1 Å². The van der Waals surface area contributed by atoms with E-state index in [4.69, 9.17) is 14.5 Å². The highest BCUT2D eigenvalue weighted by atomic mass is 16.5. The molecule has 1 aromatic rings. The third-order valence-electron chi connectivity index (χ3n) is 5.48. The summed E-state index contributed by atoms with van der Waals surface area (Å²) in [6.07, 6.45) is 2.03. The zero-order valence-corrected chi connectivity index (χ0v) is 18.5. The van der Waals surface area contributed by atoms with Crippen molar-refractivity contribution in [2.75, 3.05) is 60.6 Å². The van der Waals surface area contributed by atoms with Crippen molar-refractivity contribution in [2.45, 2.75) is 39.2 Å². The van der Waals surface area contributed by atoms with Crippen LogP contribution in [0.3, 0.4) is 0 Å². The van der Waals surface area contributed by atoms with Crippen molar-refractivity contribution in [3.63, 3.8) is 0 Å². The molecule has 0 unspecified atom stereocenters. The minimum absolute atomic E-state index is 0.0787. The van der Waals surface area contributed by atoms with Crippen LogP contribution in [-0.2, 0) is 4.74 Å². The predicted octanol–water partition coefficient (Wildman–Crippen LogP) is 2.69. The number of likely N-dealkylation sites (N-methyl/N-ethyl adjacent to an activating group) is 2. The van der Waals surface area contributed by atoms with Crippen LogP contribution in [0.4, 0.5) is 0 Å². The van der Waals surface area contributed by atoms with Gasteiger partial charge in [-0.15, -0.1) is 0 Å². The van der Waals surface area contributed by atoms with E-state index in [1.807, 2.05) is 0 Å². The molecule has 2 rings (SSSR count). The summed E-state index contributed by atoms with van der Waals surface area (Å²) in [5, 5.41) is 3.42. The molecule has 1 aliphatic rings. The molecule has 0 amide bonds. The SMILES string of the molecule is CCNC(=NCC1(N(C)C)CCOCC1)N(C)CCOc1cc(C)cc(C)c1. The molecular weight excluding hydrogens is 352 g/mol. The first-order valence-electron chi connectivity index (χ1n) is 10.3. The Morgan fingerprint density at radius 1 is 1.14 bits per heavy atom. The summed E-state index contributed by atoms with van der Waals surface area (Å²) in [7, 11) is 6.36. The molecule has 0 aromatic heterocycles. The maximum absolute atomic E-state index is 5.97. The van der Waals surface area contributed by atoms with Crippen molar-refractivity contribution in [2.24, 2.45) is 4.99 Å². The first-order valence-corrected chi connectivity index (χ1v) is 10.3. The molecule has 158 valence electrons. The molecule has 0 saturated carbocycles. The summed E-state index contributed by atoms with van der Waals surface area (Å²) in [5.41, 5.74) is 2.53. The van der Waals surface area contributed by atoms with E-state index in [2.05, 4.69) is 75.2 Å². The van der Waals surface area contributed by atoms with Gasteiger partial charge in [0, 0.05) is 32.3 Å². The number of aryl methyl sites for hydroxylation is 2. The highest BCUT2D eigenvalue weighted by Crippen LogP contribution is 2.26. The molecule has 28 heavy (non-hydrogen) atoms. The smallest absolute Gasteiger partial charge is 0.193 e. The molecule has 6 heteroatoms. The lowest BCUT2D eigenvalue weighted by Gasteiger charge is -2.42. The summed E-state index contributed by atoms with van der Waals surface area (Å²) in [6, 6.07) is 6.32. The van der Waals surface area contributed by atoms with Gasteiger partial charge >= 0.3 is 0 Å². The van der Waals surface area contributed by atoms with Gasteiger partial charge in [-0.05, 0) is 71.0 Å². The lowest BCUT2D eigenvalue weighted by Crippen LogP contribution is -2.52. The monoisotopic (exact) mass is 390 g/mol. The number of ether oxygens (including phenoxy) is 2. The third-order valence-corrected chi connectivity index (χ3v) is 5.48. The van der Waals surface area contributed by atoms with E-state index < -0.39 is 0 Å². The van der Waals surface area contributed by atoms with Crippen LogP contribution >= 0.6 is 0 Å². The molecule has 0 atom stereocenters. The molecule has 0 bridgehead atoms. The van der Waals surface area contributed by atoms with Crippen molar-refractivity contribution < 1.29 is 9.47 Å². The lowest BCUT2D eigenvalue weighted by atomic mass is 9.89. The average molecular weight is 391 g/mol. The van der Waals surface area contributed by atoms with Crippen molar-refractivity contribution >= 4 is 5.96 Å². The Hall–Kier alpha value is -1.79. The zero-order valence-electron chi connectivity index (χ0n) is 18.5. The second-order valence-corrected chi connectivity index (χ2v) is 7.99. The highest BCUT2D eigenvalue weighted by molar-refractivity contribution is 5.79. The highest BCUT2D eigenvalue weighted by Gasteiger charge is 2.34. The van der Waals surface area contributed by atoms with Crippen LogP contribution in [0, 0.1) is 13.8 Å². The van der Waals surface area contributed by atoms with Gasteiger partial charge in [-0.2, -0.15) is 0 Å². The fourth-order valence-corrected chi connectivity index (χ4v) is 3.61. The van der Waals surface area contributed by atoms with Crippen molar-refractivity contribution in [3.8, 4) is 5.75 Å². The molecular formula is C22H38N4O2. The standard InChI is InChI=1S/C22H38N4O2/c1-7-23-21(24-17-22(25(4)5)8-11-27-12-9-22)26(6)10-13-28-20-15-18(2)14-19(3)16-20/h14-16H,7-13,17H2,1-6H3,(H,23,24). The van der Waals surface area contributed by atoms with Gasteiger partial charge in [0.1, 0.15) is 12.4 Å². The molecule has 1 saturated heterocycles. The van der Waals surface area contributed by atoms with Gasteiger partial charge < -0.3 is 24.6 Å². The predicted molar refractivity (Wildman–Crippen MR) is 116 cm³/mol. The van der Waals surface area contributed by atoms with Crippen molar-refractivity contribution in [1.29, 1.82) is 0 Å². The fourth-order valence-electron chi connectivity index (χ4n) is 3.61. The topological polar surface area (TPSA) is 49.3 Å². The maximum Gasteiger partial charge on any atom is 0.193 e. The van der Waals surface area contributed by atoms with Gasteiger partial charge in [0.15, 0.2) is 5.96 Å². The third kappa shape index (κ3) is 6.38. The van der Waals surface area contributed by atoms with Gasteiger partial charge in [0.25, 0.3) is 0 Å². The first kappa shape index (κ1) is 22.5. The Kier molecular flexibility index (Phi) is 8.58. The van der Waals surface area contributed by atoms with Gasteiger partial charge in [-0.25, -0.2) is 0 Å². The molecule has 0 radical (unpaired) electrons. The number of nitrogens with one attached hydrogen (secondary N) is 1. The summed E-state index contributed by atoms with van der Waals surface area (Å²) in [5.74, 6) is 1.86. The van der Waals surface area contributed by atoms with E-state index in [0.717, 1.165) is 57.4 Å². The van der Waals surface area contributed by atoms with Gasteiger partial charge in [-0.3, -0.25) is 4.99 Å². The molecule has 0 spiro atoms.